The van der Waals surface area contributed by atoms with E-state index < -0.39 is 0 Å². The zero-order valence-electron chi connectivity index (χ0n) is 20.2. The lowest BCUT2D eigenvalue weighted by Crippen LogP contribution is -2.51. The van der Waals surface area contributed by atoms with Gasteiger partial charge in [-0.25, -0.2) is 15.0 Å². The van der Waals surface area contributed by atoms with Gasteiger partial charge in [-0.05, 0) is 32.8 Å². The molecule has 1 spiro atoms. The van der Waals surface area contributed by atoms with E-state index in [1.807, 2.05) is 13.0 Å². The maximum Gasteiger partial charge on any atom is 0.153 e. The van der Waals surface area contributed by atoms with Crippen molar-refractivity contribution in [2.45, 2.75) is 62.8 Å². The van der Waals surface area contributed by atoms with Gasteiger partial charge < -0.3 is 30.1 Å². The first-order valence-corrected chi connectivity index (χ1v) is 13.4. The molecule has 3 fully saturated rings. The molecule has 3 saturated heterocycles. The molecular formula is C25H37ClN6O3S. The first-order valence-electron chi connectivity index (χ1n) is 12.2. The van der Waals surface area contributed by atoms with Crippen LogP contribution in [0.5, 0.6) is 0 Å². The van der Waals surface area contributed by atoms with Crippen molar-refractivity contribution in [1.29, 1.82) is 0 Å². The van der Waals surface area contributed by atoms with Gasteiger partial charge in [0.2, 0.25) is 0 Å². The lowest BCUT2D eigenvalue weighted by Gasteiger charge is -2.42. The van der Waals surface area contributed by atoms with Gasteiger partial charge in [0.25, 0.3) is 0 Å². The SMILES string of the molecule is C.Cc1nc(N2CCC3(CC2)CO[C@@H](C)[C@H]3N)c(CO)nc1Sc1ccnc(N2CCOCC2)c1Cl. The highest BCUT2D eigenvalue weighted by Gasteiger charge is 2.47. The van der Waals surface area contributed by atoms with Gasteiger partial charge in [0.1, 0.15) is 16.5 Å². The van der Waals surface area contributed by atoms with Crippen LogP contribution in [0, 0.1) is 12.3 Å². The number of aromatic nitrogens is 3. The van der Waals surface area contributed by atoms with Crippen LogP contribution in [0.2, 0.25) is 5.02 Å². The Kier molecular flexibility index (Phi) is 8.63. The number of aliphatic hydroxyl groups is 1. The highest BCUT2D eigenvalue weighted by atomic mass is 35.5. The third-order valence-electron chi connectivity index (χ3n) is 7.49. The molecule has 0 aromatic carbocycles. The van der Waals surface area contributed by atoms with E-state index in [1.165, 1.54) is 11.8 Å². The monoisotopic (exact) mass is 536 g/mol. The van der Waals surface area contributed by atoms with Crippen molar-refractivity contribution < 1.29 is 14.6 Å². The topological polar surface area (TPSA) is 110 Å². The quantitative estimate of drug-likeness (QED) is 0.590. The number of aryl methyl sites for hydroxylation is 1. The number of morpholine rings is 1. The first-order chi connectivity index (χ1) is 16.9. The van der Waals surface area contributed by atoms with Gasteiger partial charge in [0, 0.05) is 48.7 Å². The number of anilines is 2. The normalized spacial score (nSPS) is 23.7. The number of piperidine rings is 1. The summed E-state index contributed by atoms with van der Waals surface area (Å²) < 4.78 is 11.3. The van der Waals surface area contributed by atoms with E-state index in [4.69, 9.17) is 36.8 Å². The van der Waals surface area contributed by atoms with Crippen LogP contribution < -0.4 is 15.5 Å². The molecule has 11 heteroatoms. The van der Waals surface area contributed by atoms with E-state index in [1.54, 1.807) is 6.20 Å². The molecule has 2 aromatic heterocycles. The summed E-state index contributed by atoms with van der Waals surface area (Å²) >= 11 is 8.21. The zero-order valence-corrected chi connectivity index (χ0v) is 21.8. The summed E-state index contributed by atoms with van der Waals surface area (Å²) in [7, 11) is 0. The summed E-state index contributed by atoms with van der Waals surface area (Å²) in [5, 5.41) is 11.5. The Morgan fingerprint density at radius 2 is 1.86 bits per heavy atom. The van der Waals surface area contributed by atoms with Gasteiger partial charge in [-0.15, -0.1) is 0 Å². The lowest BCUT2D eigenvalue weighted by atomic mass is 9.73. The van der Waals surface area contributed by atoms with Crippen LogP contribution in [0.25, 0.3) is 0 Å². The number of nitrogens with zero attached hydrogens (tertiary/aromatic N) is 5. The van der Waals surface area contributed by atoms with Gasteiger partial charge in [0.05, 0.1) is 43.2 Å². The van der Waals surface area contributed by atoms with Crippen molar-refractivity contribution in [1.82, 2.24) is 15.0 Å². The average molecular weight is 537 g/mol. The van der Waals surface area contributed by atoms with E-state index in [2.05, 4.69) is 21.7 Å². The Morgan fingerprint density at radius 1 is 1.17 bits per heavy atom. The second-order valence-electron chi connectivity index (χ2n) is 9.58. The Morgan fingerprint density at radius 3 is 2.50 bits per heavy atom. The summed E-state index contributed by atoms with van der Waals surface area (Å²) in [5.41, 5.74) is 7.89. The third kappa shape index (κ3) is 5.16. The molecule has 9 nitrogen and oxygen atoms in total. The maximum absolute atomic E-state index is 10.1. The minimum absolute atomic E-state index is 0. The minimum Gasteiger partial charge on any atom is -0.390 e. The summed E-state index contributed by atoms with van der Waals surface area (Å²) in [6, 6.07) is 1.95. The van der Waals surface area contributed by atoms with Gasteiger partial charge in [-0.2, -0.15) is 0 Å². The standard InChI is InChI=1S/C24H33ClN6O3S.CH4/c1-15-23(35-18-3-6-27-22(19(18)25)31-9-11-33-12-10-31)29-17(13-32)21(28-15)30-7-4-24(5-8-30)14-34-16(2)20(24)26;/h3,6,16,20,32H,4-5,7-14,26H2,1-2H3;1H4/t16-,20+;/m0./s1. The molecule has 0 aliphatic carbocycles. The van der Waals surface area contributed by atoms with E-state index in [0.29, 0.717) is 23.9 Å². The number of rotatable bonds is 5. The molecule has 198 valence electrons. The zero-order chi connectivity index (χ0) is 24.6. The molecule has 3 N–H and O–H groups in total. The molecule has 3 aliphatic rings. The second-order valence-corrected chi connectivity index (χ2v) is 11.0. The number of hydrogen-bond acceptors (Lipinski definition) is 10. The maximum atomic E-state index is 10.1. The number of ether oxygens (including phenoxy) is 2. The second kappa shape index (κ2) is 11.4. The molecule has 2 atom stereocenters. The fraction of sp³-hybridized carbons (Fsp3) is 0.640. The molecule has 0 amide bonds. The highest BCUT2D eigenvalue weighted by molar-refractivity contribution is 7.99. The van der Waals surface area contributed by atoms with E-state index in [0.717, 1.165) is 72.9 Å². The van der Waals surface area contributed by atoms with Crippen LogP contribution in [0.4, 0.5) is 11.6 Å². The van der Waals surface area contributed by atoms with Crippen molar-refractivity contribution in [3.05, 3.63) is 28.7 Å². The van der Waals surface area contributed by atoms with Crippen LogP contribution in [-0.4, -0.2) is 78.2 Å². The van der Waals surface area contributed by atoms with Crippen molar-refractivity contribution in [3.8, 4) is 0 Å². The van der Waals surface area contributed by atoms with Crippen molar-refractivity contribution in [3.63, 3.8) is 0 Å². The van der Waals surface area contributed by atoms with E-state index in [9.17, 15) is 5.11 Å². The fourth-order valence-corrected chi connectivity index (χ4v) is 6.43. The van der Waals surface area contributed by atoms with Crippen LogP contribution in [-0.2, 0) is 16.1 Å². The van der Waals surface area contributed by atoms with Crippen LogP contribution in [0.1, 0.15) is 38.6 Å². The Labute approximate surface area is 222 Å². The molecule has 2 aromatic rings. The summed E-state index contributed by atoms with van der Waals surface area (Å²) in [4.78, 5) is 19.4. The lowest BCUT2D eigenvalue weighted by molar-refractivity contribution is 0.0973. The van der Waals surface area contributed by atoms with Gasteiger partial charge in [0.15, 0.2) is 5.82 Å². The Balaban J connectivity index is 0.00000304. The number of pyridine rings is 1. The third-order valence-corrected chi connectivity index (χ3v) is 9.11. The molecule has 36 heavy (non-hydrogen) atoms. The van der Waals surface area contributed by atoms with Crippen LogP contribution >= 0.6 is 23.4 Å². The van der Waals surface area contributed by atoms with Crippen LogP contribution in [0.3, 0.4) is 0 Å². The molecule has 0 bridgehead atoms. The predicted octanol–water partition coefficient (Wildman–Crippen LogP) is 3.28. The summed E-state index contributed by atoms with van der Waals surface area (Å²) in [6.07, 6.45) is 3.75. The number of nitrogens with two attached hydrogens (primary N) is 1. The molecule has 0 radical (unpaired) electrons. The predicted molar refractivity (Wildman–Crippen MR) is 143 cm³/mol. The number of halogens is 1. The Hall–Kier alpha value is -1.69. The molecule has 5 heterocycles. The van der Waals surface area contributed by atoms with E-state index >= 15 is 0 Å². The molecule has 0 saturated carbocycles. The van der Waals surface area contributed by atoms with Crippen LogP contribution in [0.15, 0.2) is 22.2 Å². The molecule has 3 aliphatic heterocycles. The smallest absolute Gasteiger partial charge is 0.153 e. The largest absolute Gasteiger partial charge is 0.390 e. The van der Waals surface area contributed by atoms with Gasteiger partial charge in [-0.1, -0.05) is 30.8 Å². The Bertz CT molecular complexity index is 1060. The van der Waals surface area contributed by atoms with Gasteiger partial charge >= 0.3 is 0 Å². The fourth-order valence-electron chi connectivity index (χ4n) is 5.21. The van der Waals surface area contributed by atoms with E-state index in [-0.39, 0.29) is 31.6 Å². The molecule has 5 rings (SSSR count). The molecule has 0 unspecified atom stereocenters. The highest BCUT2D eigenvalue weighted by Crippen LogP contribution is 2.43. The van der Waals surface area contributed by atoms with Gasteiger partial charge in [-0.3, -0.25) is 0 Å². The average Bonchev–Trinajstić information content (AvgIpc) is 3.15. The summed E-state index contributed by atoms with van der Waals surface area (Å²) in [5.74, 6) is 1.51. The van der Waals surface area contributed by atoms with Crippen molar-refractivity contribution >= 4 is 35.0 Å². The number of aliphatic hydroxyl groups excluding tert-OH is 1. The van der Waals surface area contributed by atoms with Crippen molar-refractivity contribution in [2.75, 3.05) is 55.8 Å². The first kappa shape index (κ1) is 27.3. The molecular weight excluding hydrogens is 500 g/mol. The van der Waals surface area contributed by atoms with Crippen molar-refractivity contribution in [2.24, 2.45) is 11.1 Å². The number of hydrogen-bond donors (Lipinski definition) is 2. The minimum atomic E-state index is -0.180. The summed E-state index contributed by atoms with van der Waals surface area (Å²) in [6.45, 7) is 9.02.